The Bertz CT molecular complexity index is 121. The largest absolute Gasteiger partial charge is 0.111 e. The molecule has 0 unspecified atom stereocenters. The Morgan fingerprint density at radius 2 is 1.00 bits per heavy atom. The lowest BCUT2D eigenvalue weighted by molar-refractivity contribution is 1.13. The Hall–Kier alpha value is 0.130. The maximum atomic E-state index is 4.10. The van der Waals surface area contributed by atoms with E-state index in [4.69, 9.17) is 0 Å². The fraction of sp³-hybridized carbons (Fsp3) is 0.500. The highest BCUT2D eigenvalue weighted by molar-refractivity contribution is 6.67. The molecule has 0 aliphatic heterocycles. The van der Waals surface area contributed by atoms with Crippen molar-refractivity contribution in [2.24, 2.45) is 0 Å². The van der Waals surface area contributed by atoms with Gasteiger partial charge >= 0.3 is 0 Å². The molecule has 0 saturated carbocycles. The first-order chi connectivity index (χ1) is 4.15. The van der Waals surface area contributed by atoms with E-state index in [-0.39, 0.29) is 10.2 Å². The van der Waals surface area contributed by atoms with Gasteiger partial charge in [-0.1, -0.05) is 10.2 Å². The van der Waals surface area contributed by atoms with Gasteiger partial charge < -0.3 is 0 Å². The predicted molar refractivity (Wildman–Crippen MR) is 65.8 cm³/mol. The van der Waals surface area contributed by atoms with Crippen LogP contribution in [0.1, 0.15) is 0 Å². The van der Waals surface area contributed by atoms with Crippen molar-refractivity contribution in [1.29, 1.82) is 0 Å². The molecular weight excluding hydrogens is 113 g/mol. The van der Waals surface area contributed by atoms with Crippen LogP contribution in [0.15, 0.2) is 12.2 Å². The highest BCUT2D eigenvalue weighted by atomic mass is 14.1. The summed E-state index contributed by atoms with van der Waals surface area (Å²) in [5.41, 5.74) is 1.32. The van der Waals surface area contributed by atoms with E-state index < -0.39 is 0 Å². The Kier molecular flexibility index (Phi) is 2.67. The fourth-order valence-corrected chi connectivity index (χ4v) is 1.12. The summed E-state index contributed by atoms with van der Waals surface area (Å²) in [6, 6.07) is 0. The van der Waals surface area contributed by atoms with Crippen molar-refractivity contribution in [1.82, 2.24) is 0 Å². The van der Waals surface area contributed by atoms with Crippen LogP contribution in [-0.2, 0) is 0 Å². The van der Waals surface area contributed by atoms with Crippen LogP contribution in [0.25, 0.3) is 0 Å². The van der Waals surface area contributed by atoms with Gasteiger partial charge in [-0.25, -0.2) is 0 Å². The lowest BCUT2D eigenvalue weighted by Gasteiger charge is -2.33. The molecule has 0 heterocycles. The van der Waals surface area contributed by atoms with E-state index in [1.165, 1.54) is 5.57 Å². The molecule has 0 aromatic rings. The van der Waals surface area contributed by atoms with E-state index in [2.05, 4.69) is 53.7 Å². The van der Waals surface area contributed by atoms with E-state index in [1.807, 2.05) is 0 Å². The van der Waals surface area contributed by atoms with Crippen LogP contribution in [0.3, 0.4) is 0 Å². The Morgan fingerprint density at radius 3 is 1.00 bits per heavy atom. The van der Waals surface area contributed by atoms with Gasteiger partial charge in [0.25, 0.3) is 0 Å². The molecule has 0 aliphatic carbocycles. The Labute approximate surface area is 70.1 Å². The van der Waals surface area contributed by atoms with Crippen LogP contribution in [0.2, 0.25) is 10.2 Å². The van der Waals surface area contributed by atoms with Crippen molar-refractivity contribution < 1.29 is 0 Å². The summed E-state index contributed by atoms with van der Waals surface area (Å²) < 4.78 is 0. The second kappa shape index (κ2) is 2.64. The predicted octanol–water partition coefficient (Wildman–Crippen LogP) is -4.51. The SMILES string of the molecule is BC(B)(B)C(=C)C(B)(B)B. The second-order valence-corrected chi connectivity index (χ2v) is 4.98. The lowest BCUT2D eigenvalue weighted by atomic mass is 9.28. The van der Waals surface area contributed by atoms with E-state index in [9.17, 15) is 0 Å². The average molecular weight is 127 g/mol. The third-order valence-corrected chi connectivity index (χ3v) is 1.81. The number of allylic oxidation sites excluding steroid dienone is 1. The summed E-state index contributed by atoms with van der Waals surface area (Å²) in [7, 11) is 13.3. The van der Waals surface area contributed by atoms with Gasteiger partial charge in [0.05, 0.1) is 47.1 Å². The molecule has 0 aliphatic rings. The summed E-state index contributed by atoms with van der Waals surface area (Å²) in [5, 5.41) is 0.497. The topological polar surface area (TPSA) is 0 Å². The summed E-state index contributed by atoms with van der Waals surface area (Å²) >= 11 is 0. The minimum atomic E-state index is 0.248. The molecule has 10 heavy (non-hydrogen) atoms. The minimum absolute atomic E-state index is 0.248. The highest BCUT2D eigenvalue weighted by Gasteiger charge is 2.25. The zero-order valence-corrected chi connectivity index (χ0v) is 8.21. The van der Waals surface area contributed by atoms with Gasteiger partial charge in [-0.15, -0.1) is 12.2 Å². The maximum absolute atomic E-state index is 4.10. The molecule has 0 amide bonds. The van der Waals surface area contributed by atoms with E-state index >= 15 is 0 Å². The molecule has 0 saturated heterocycles. The number of rotatable bonds is 2. The van der Waals surface area contributed by atoms with E-state index in [0.717, 1.165) is 0 Å². The Balaban J connectivity index is 4.40. The van der Waals surface area contributed by atoms with Crippen LogP contribution in [0, 0.1) is 0 Å². The molecule has 0 aromatic carbocycles. The van der Waals surface area contributed by atoms with Crippen LogP contribution < -0.4 is 0 Å². The first kappa shape index (κ1) is 10.1. The van der Waals surface area contributed by atoms with Gasteiger partial charge in [0.15, 0.2) is 0 Å². The van der Waals surface area contributed by atoms with Crippen LogP contribution in [-0.4, -0.2) is 47.1 Å². The monoisotopic (exact) mass is 128 g/mol. The zero-order valence-electron chi connectivity index (χ0n) is 8.21. The smallest absolute Gasteiger partial charge is 0.0950 e. The molecule has 0 fully saturated rings. The van der Waals surface area contributed by atoms with Crippen molar-refractivity contribution in [2.75, 3.05) is 0 Å². The van der Waals surface area contributed by atoms with Gasteiger partial charge in [0.1, 0.15) is 0 Å². The standard InChI is InChI=1S/C4H14B6/c1-2(3(5,6)7)4(8,9)10/h1,5-10H2. The maximum Gasteiger partial charge on any atom is 0.0950 e. The molecule has 0 rings (SSSR count). The minimum Gasteiger partial charge on any atom is -0.111 e. The summed E-state index contributed by atoms with van der Waals surface area (Å²) in [6.07, 6.45) is 0. The van der Waals surface area contributed by atoms with Gasteiger partial charge in [-0.2, -0.15) is 0 Å². The lowest BCUT2D eigenvalue weighted by Crippen LogP contribution is -2.27. The summed E-state index contributed by atoms with van der Waals surface area (Å²) in [4.78, 5) is 0. The Morgan fingerprint density at radius 1 is 0.800 bits per heavy atom. The second-order valence-electron chi connectivity index (χ2n) is 4.98. The normalized spacial score (nSPS) is 12.8. The molecule has 0 spiro atoms. The molecule has 48 valence electrons. The van der Waals surface area contributed by atoms with Gasteiger partial charge in [-0.3, -0.25) is 0 Å². The van der Waals surface area contributed by atoms with Gasteiger partial charge in [0.2, 0.25) is 0 Å². The molecule has 0 nitrogen and oxygen atoms in total. The zero-order chi connectivity index (χ0) is 8.58. The van der Waals surface area contributed by atoms with E-state index in [1.54, 1.807) is 0 Å². The number of hydrogen-bond acceptors (Lipinski definition) is 0. The first-order valence-electron chi connectivity index (χ1n) is 3.85. The first-order valence-corrected chi connectivity index (χ1v) is 3.85. The molecule has 0 aromatic heterocycles. The highest BCUT2D eigenvalue weighted by Crippen LogP contribution is 2.34. The third kappa shape index (κ3) is 2.81. The van der Waals surface area contributed by atoms with Crippen molar-refractivity contribution >= 4 is 47.1 Å². The summed E-state index contributed by atoms with van der Waals surface area (Å²) in [5.74, 6) is 0. The number of hydrogen-bond donors (Lipinski definition) is 0. The van der Waals surface area contributed by atoms with Crippen molar-refractivity contribution in [3.63, 3.8) is 0 Å². The third-order valence-electron chi connectivity index (χ3n) is 1.81. The quantitative estimate of drug-likeness (QED) is 0.259. The molecule has 0 bridgehead atoms. The van der Waals surface area contributed by atoms with Crippen LogP contribution in [0.4, 0.5) is 0 Å². The van der Waals surface area contributed by atoms with Crippen molar-refractivity contribution in [3.05, 3.63) is 12.2 Å². The molecular formula is C4H14B6. The fourth-order valence-electron chi connectivity index (χ4n) is 1.12. The van der Waals surface area contributed by atoms with Crippen LogP contribution >= 0.6 is 0 Å². The molecule has 0 N–H and O–H groups in total. The van der Waals surface area contributed by atoms with Crippen molar-refractivity contribution in [3.8, 4) is 0 Å². The van der Waals surface area contributed by atoms with Crippen molar-refractivity contribution in [2.45, 2.75) is 10.2 Å². The average Bonchev–Trinajstić information content (AvgIpc) is 1.59. The van der Waals surface area contributed by atoms with Gasteiger partial charge in [0, 0.05) is 0 Å². The van der Waals surface area contributed by atoms with Crippen LogP contribution in [0.5, 0.6) is 0 Å². The van der Waals surface area contributed by atoms with E-state index in [0.29, 0.717) is 0 Å². The molecule has 6 heteroatoms. The summed E-state index contributed by atoms with van der Waals surface area (Å²) in [6.45, 7) is 4.10. The van der Waals surface area contributed by atoms with Gasteiger partial charge in [-0.05, 0) is 0 Å². The molecule has 0 radical (unpaired) electrons. The molecule has 0 atom stereocenters.